The Kier molecular flexibility index (Phi) is 3.33. The molecule has 0 fully saturated rings. The molecule has 0 radical (unpaired) electrons. The van der Waals surface area contributed by atoms with Crippen molar-refractivity contribution in [1.29, 1.82) is 0 Å². The lowest BCUT2D eigenvalue weighted by molar-refractivity contribution is 0.0947. The Hall–Kier alpha value is -2.06. The number of nitrogens with zero attached hydrogens (tertiary/aromatic N) is 4. The smallest absolute Gasteiger partial charge is 0.256 e. The first-order valence-corrected chi connectivity index (χ1v) is 6.72. The van der Waals surface area contributed by atoms with Crippen LogP contribution in [0.1, 0.15) is 15.4 Å². The first-order valence-electron chi connectivity index (χ1n) is 5.53. The minimum Gasteiger partial charge on any atom is -0.345 e. The van der Waals surface area contributed by atoms with Gasteiger partial charge in [-0.1, -0.05) is 29.0 Å². The zero-order chi connectivity index (χ0) is 14.1. The van der Waals surface area contributed by atoms with Crippen molar-refractivity contribution in [3.8, 4) is 0 Å². The van der Waals surface area contributed by atoms with Crippen molar-refractivity contribution in [1.82, 2.24) is 25.1 Å². The molecule has 0 spiro atoms. The average molecular weight is 312 g/mol. The van der Waals surface area contributed by atoms with Crippen LogP contribution in [0.3, 0.4) is 0 Å². The maximum Gasteiger partial charge on any atom is 0.256 e. The molecule has 1 aromatic carbocycles. The van der Waals surface area contributed by atoms with Crippen molar-refractivity contribution in [2.75, 3.05) is 0 Å². The standard InChI is InChI=1S/C11H7ClFN5OS/c12-6-2-1-3-7(13)9(6)10(19)14-4-8-17-18-5-15-16-11(18)20-8/h1-3,5H,4H2,(H,14,19). The van der Waals surface area contributed by atoms with Gasteiger partial charge in [0.1, 0.15) is 17.2 Å². The number of carbonyl (C=O) groups excluding carboxylic acids is 1. The molecule has 6 nitrogen and oxygen atoms in total. The molecule has 20 heavy (non-hydrogen) atoms. The first-order chi connectivity index (χ1) is 9.65. The lowest BCUT2D eigenvalue weighted by Crippen LogP contribution is -2.24. The number of aromatic nitrogens is 4. The zero-order valence-corrected chi connectivity index (χ0v) is 11.5. The maximum absolute atomic E-state index is 13.6. The van der Waals surface area contributed by atoms with E-state index >= 15 is 0 Å². The van der Waals surface area contributed by atoms with Crippen LogP contribution in [0.5, 0.6) is 0 Å². The summed E-state index contributed by atoms with van der Waals surface area (Å²) in [6.07, 6.45) is 1.46. The fraction of sp³-hybridized carbons (Fsp3) is 0.0909. The number of halogens is 2. The number of fused-ring (bicyclic) bond motifs is 1. The lowest BCUT2D eigenvalue weighted by Gasteiger charge is -2.05. The van der Waals surface area contributed by atoms with E-state index in [1.807, 2.05) is 0 Å². The van der Waals surface area contributed by atoms with Crippen molar-refractivity contribution in [3.05, 3.63) is 45.9 Å². The van der Waals surface area contributed by atoms with Gasteiger partial charge >= 0.3 is 0 Å². The predicted molar refractivity (Wildman–Crippen MR) is 71.2 cm³/mol. The van der Waals surface area contributed by atoms with Crippen molar-refractivity contribution in [3.63, 3.8) is 0 Å². The minimum atomic E-state index is -0.659. The quantitative estimate of drug-likeness (QED) is 0.802. The monoisotopic (exact) mass is 311 g/mol. The summed E-state index contributed by atoms with van der Waals surface area (Å²) in [5.41, 5.74) is -0.169. The zero-order valence-electron chi connectivity index (χ0n) is 9.88. The van der Waals surface area contributed by atoms with Crippen molar-refractivity contribution in [2.24, 2.45) is 0 Å². The number of carbonyl (C=O) groups is 1. The largest absolute Gasteiger partial charge is 0.345 e. The third-order valence-corrected chi connectivity index (χ3v) is 3.75. The Labute approximate surface area is 121 Å². The summed E-state index contributed by atoms with van der Waals surface area (Å²) in [6, 6.07) is 4.09. The Bertz CT molecular complexity index is 737. The minimum absolute atomic E-state index is 0.0700. The summed E-state index contributed by atoms with van der Waals surface area (Å²) in [7, 11) is 0. The third kappa shape index (κ3) is 2.35. The summed E-state index contributed by atoms with van der Waals surface area (Å²) in [6.45, 7) is 0.164. The SMILES string of the molecule is O=C(NCc1nn2cnnc2s1)c1c(F)cccc1Cl. The van der Waals surface area contributed by atoms with Crippen LogP contribution in [0, 0.1) is 5.82 Å². The topological polar surface area (TPSA) is 72.2 Å². The molecule has 3 rings (SSSR count). The normalized spacial score (nSPS) is 10.9. The molecule has 2 heterocycles. The van der Waals surface area contributed by atoms with Crippen LogP contribution in [0.15, 0.2) is 24.5 Å². The average Bonchev–Trinajstić information content (AvgIpc) is 2.96. The Morgan fingerprint density at radius 1 is 1.50 bits per heavy atom. The van der Waals surface area contributed by atoms with Gasteiger partial charge in [-0.15, -0.1) is 10.2 Å². The van der Waals surface area contributed by atoms with Crippen LogP contribution in [-0.2, 0) is 6.54 Å². The highest BCUT2D eigenvalue weighted by molar-refractivity contribution is 7.16. The maximum atomic E-state index is 13.6. The van der Waals surface area contributed by atoms with Gasteiger partial charge in [-0.25, -0.2) is 4.39 Å². The Balaban J connectivity index is 1.75. The molecule has 0 atom stereocenters. The molecule has 9 heteroatoms. The number of amides is 1. The summed E-state index contributed by atoms with van der Waals surface area (Å²) in [4.78, 5) is 12.5. The van der Waals surface area contributed by atoms with Crippen LogP contribution >= 0.6 is 22.9 Å². The molecule has 0 aliphatic rings. The highest BCUT2D eigenvalue weighted by Crippen LogP contribution is 2.19. The molecule has 0 saturated heterocycles. The molecule has 0 bridgehead atoms. The molecule has 2 aromatic heterocycles. The molecule has 1 N–H and O–H groups in total. The van der Waals surface area contributed by atoms with E-state index in [2.05, 4.69) is 20.6 Å². The Morgan fingerprint density at radius 2 is 2.35 bits per heavy atom. The number of hydrogen-bond donors (Lipinski definition) is 1. The van der Waals surface area contributed by atoms with E-state index in [1.54, 1.807) is 0 Å². The molecule has 3 aromatic rings. The molecule has 0 aliphatic carbocycles. The highest BCUT2D eigenvalue weighted by atomic mass is 35.5. The van der Waals surface area contributed by atoms with E-state index in [4.69, 9.17) is 11.6 Å². The second-order valence-corrected chi connectivity index (χ2v) is 5.28. The fourth-order valence-corrected chi connectivity index (χ4v) is 2.63. The van der Waals surface area contributed by atoms with Gasteiger partial charge in [-0.05, 0) is 12.1 Å². The molecule has 1 amide bonds. The molecule has 0 saturated carbocycles. The van der Waals surface area contributed by atoms with Gasteiger partial charge in [-0.3, -0.25) is 4.79 Å². The third-order valence-electron chi connectivity index (χ3n) is 2.52. The number of hydrogen-bond acceptors (Lipinski definition) is 5. The van der Waals surface area contributed by atoms with E-state index in [9.17, 15) is 9.18 Å². The number of rotatable bonds is 3. The van der Waals surface area contributed by atoms with Crippen molar-refractivity contribution >= 4 is 33.8 Å². The molecular formula is C11H7ClFN5OS. The molecular weight excluding hydrogens is 305 g/mol. The van der Waals surface area contributed by atoms with Gasteiger partial charge in [0.15, 0.2) is 0 Å². The van der Waals surface area contributed by atoms with Gasteiger partial charge in [0, 0.05) is 0 Å². The van der Waals surface area contributed by atoms with Gasteiger partial charge in [0.05, 0.1) is 17.1 Å². The summed E-state index contributed by atoms with van der Waals surface area (Å²) < 4.78 is 15.1. The second kappa shape index (κ2) is 5.14. The van der Waals surface area contributed by atoms with Crippen LogP contribution in [0.25, 0.3) is 4.96 Å². The van der Waals surface area contributed by atoms with E-state index in [1.165, 1.54) is 40.4 Å². The van der Waals surface area contributed by atoms with Gasteiger partial charge in [-0.2, -0.15) is 9.61 Å². The van der Waals surface area contributed by atoms with E-state index < -0.39 is 11.7 Å². The van der Waals surface area contributed by atoms with Gasteiger partial charge in [0.25, 0.3) is 5.91 Å². The molecule has 0 unspecified atom stereocenters. The summed E-state index contributed by atoms with van der Waals surface area (Å²) >= 11 is 7.10. The lowest BCUT2D eigenvalue weighted by atomic mass is 10.2. The van der Waals surface area contributed by atoms with Crippen molar-refractivity contribution < 1.29 is 9.18 Å². The number of nitrogens with one attached hydrogen (secondary N) is 1. The van der Waals surface area contributed by atoms with Gasteiger partial charge in [0.2, 0.25) is 4.96 Å². The second-order valence-electron chi connectivity index (χ2n) is 3.83. The highest BCUT2D eigenvalue weighted by Gasteiger charge is 2.16. The van der Waals surface area contributed by atoms with E-state index in [-0.39, 0.29) is 17.1 Å². The molecule has 102 valence electrons. The van der Waals surface area contributed by atoms with Gasteiger partial charge < -0.3 is 5.32 Å². The van der Waals surface area contributed by atoms with Crippen LogP contribution in [0.4, 0.5) is 4.39 Å². The summed E-state index contributed by atoms with van der Waals surface area (Å²) in [5.74, 6) is -1.24. The number of benzene rings is 1. The van der Waals surface area contributed by atoms with Crippen LogP contribution in [-0.4, -0.2) is 25.7 Å². The Morgan fingerprint density at radius 3 is 3.10 bits per heavy atom. The van der Waals surface area contributed by atoms with Crippen LogP contribution in [0.2, 0.25) is 5.02 Å². The van der Waals surface area contributed by atoms with Crippen LogP contribution < -0.4 is 5.32 Å². The van der Waals surface area contributed by atoms with E-state index in [0.717, 1.165) is 0 Å². The molecule has 0 aliphatic heterocycles. The van der Waals surface area contributed by atoms with Crippen molar-refractivity contribution in [2.45, 2.75) is 6.54 Å². The fourth-order valence-electron chi connectivity index (χ4n) is 1.63. The predicted octanol–water partition coefficient (Wildman–Crippen LogP) is 1.91. The van der Waals surface area contributed by atoms with E-state index in [0.29, 0.717) is 9.97 Å². The summed E-state index contributed by atoms with van der Waals surface area (Å²) in [5, 5.41) is 14.9. The first kappa shape index (κ1) is 12.9.